The van der Waals surface area contributed by atoms with Gasteiger partial charge in [-0.15, -0.1) is 11.3 Å². The van der Waals surface area contributed by atoms with Crippen molar-refractivity contribution in [2.24, 2.45) is 0 Å². The number of H-pyrrole nitrogens is 1. The van der Waals surface area contributed by atoms with Gasteiger partial charge in [-0.1, -0.05) is 18.2 Å². The zero-order valence-electron chi connectivity index (χ0n) is 12.3. The first-order valence-electron chi connectivity index (χ1n) is 7.20. The Hall–Kier alpha value is -2.11. The van der Waals surface area contributed by atoms with Crippen molar-refractivity contribution in [3.8, 4) is 0 Å². The van der Waals surface area contributed by atoms with Crippen LogP contribution < -0.4 is 5.32 Å². The molecule has 0 amide bonds. The van der Waals surface area contributed by atoms with E-state index in [0.29, 0.717) is 13.0 Å². The van der Waals surface area contributed by atoms with Gasteiger partial charge in [0, 0.05) is 39.8 Å². The van der Waals surface area contributed by atoms with Crippen LogP contribution in [0.1, 0.15) is 15.3 Å². The van der Waals surface area contributed by atoms with Gasteiger partial charge in [0.1, 0.15) is 6.04 Å². The normalized spacial score (nSPS) is 12.6. The van der Waals surface area contributed by atoms with Crippen LogP contribution in [0.3, 0.4) is 0 Å². The van der Waals surface area contributed by atoms with Crippen molar-refractivity contribution in [2.75, 3.05) is 0 Å². The van der Waals surface area contributed by atoms with Gasteiger partial charge >= 0.3 is 5.97 Å². The number of benzene rings is 1. The molecule has 0 saturated heterocycles. The maximum atomic E-state index is 11.5. The average molecular weight is 314 g/mol. The van der Waals surface area contributed by atoms with Crippen LogP contribution >= 0.6 is 11.3 Å². The summed E-state index contributed by atoms with van der Waals surface area (Å²) in [5.74, 6) is -0.821. The molecule has 0 bridgehead atoms. The van der Waals surface area contributed by atoms with Crippen molar-refractivity contribution >= 4 is 28.2 Å². The third-order valence-electron chi connectivity index (χ3n) is 3.72. The van der Waals surface area contributed by atoms with Crippen LogP contribution in [0.15, 0.2) is 42.6 Å². The number of rotatable bonds is 6. The number of nitrogens with one attached hydrogen (secondary N) is 2. The number of aromatic nitrogens is 1. The zero-order chi connectivity index (χ0) is 15.5. The third-order valence-corrected chi connectivity index (χ3v) is 4.72. The van der Waals surface area contributed by atoms with Crippen molar-refractivity contribution < 1.29 is 9.90 Å². The molecule has 3 aromatic rings. The van der Waals surface area contributed by atoms with Gasteiger partial charge in [-0.3, -0.25) is 10.1 Å². The minimum Gasteiger partial charge on any atom is -0.480 e. The molecule has 5 heteroatoms. The van der Waals surface area contributed by atoms with Gasteiger partial charge in [-0.25, -0.2) is 0 Å². The Kier molecular flexibility index (Phi) is 4.27. The summed E-state index contributed by atoms with van der Waals surface area (Å²) in [5, 5.41) is 13.7. The summed E-state index contributed by atoms with van der Waals surface area (Å²) < 4.78 is 0. The van der Waals surface area contributed by atoms with E-state index in [9.17, 15) is 9.90 Å². The Morgan fingerprint density at radius 2 is 2.14 bits per heavy atom. The highest BCUT2D eigenvalue weighted by Gasteiger charge is 2.19. The highest BCUT2D eigenvalue weighted by Crippen LogP contribution is 2.20. The molecular weight excluding hydrogens is 296 g/mol. The van der Waals surface area contributed by atoms with Crippen LogP contribution in [0.5, 0.6) is 0 Å². The van der Waals surface area contributed by atoms with E-state index in [2.05, 4.69) is 23.3 Å². The van der Waals surface area contributed by atoms with E-state index < -0.39 is 12.0 Å². The van der Waals surface area contributed by atoms with Crippen LogP contribution in [0.4, 0.5) is 0 Å². The SMILES string of the molecule is Cc1ccc(CN[C@H](Cc2c[nH]c3ccccc23)C(=O)O)s1. The smallest absolute Gasteiger partial charge is 0.321 e. The van der Waals surface area contributed by atoms with Crippen molar-refractivity contribution in [3.05, 3.63) is 57.9 Å². The standard InChI is InChI=1S/C17H18N2O2S/c1-11-6-7-13(22-11)10-19-16(17(20)21)8-12-9-18-15-5-3-2-4-14(12)15/h2-7,9,16,18-19H,8,10H2,1H3,(H,20,21)/t16-/m1/s1. The predicted molar refractivity (Wildman–Crippen MR) is 89.3 cm³/mol. The minimum atomic E-state index is -0.821. The molecule has 4 nitrogen and oxygen atoms in total. The van der Waals surface area contributed by atoms with Gasteiger partial charge in [0.25, 0.3) is 0 Å². The molecule has 1 aromatic carbocycles. The number of carboxylic acids is 1. The predicted octanol–water partition coefficient (Wildman–Crippen LogP) is 3.32. The molecule has 0 aliphatic carbocycles. The minimum absolute atomic E-state index is 0.462. The van der Waals surface area contributed by atoms with E-state index in [-0.39, 0.29) is 0 Å². The maximum Gasteiger partial charge on any atom is 0.321 e. The molecule has 3 rings (SSSR count). The number of para-hydroxylation sites is 1. The number of carboxylic acid groups (broad SMARTS) is 1. The number of fused-ring (bicyclic) bond motifs is 1. The van der Waals surface area contributed by atoms with Crippen molar-refractivity contribution in [1.82, 2.24) is 10.3 Å². The number of carbonyl (C=O) groups is 1. The third kappa shape index (κ3) is 3.21. The Morgan fingerprint density at radius 3 is 2.86 bits per heavy atom. The zero-order valence-corrected chi connectivity index (χ0v) is 13.1. The summed E-state index contributed by atoms with van der Waals surface area (Å²) in [5.41, 5.74) is 2.06. The molecule has 114 valence electrons. The van der Waals surface area contributed by atoms with Gasteiger partial charge in [-0.05, 0) is 30.7 Å². The lowest BCUT2D eigenvalue weighted by Crippen LogP contribution is -2.37. The number of aromatic amines is 1. The maximum absolute atomic E-state index is 11.5. The fourth-order valence-electron chi connectivity index (χ4n) is 2.57. The fourth-order valence-corrected chi connectivity index (χ4v) is 3.41. The molecule has 0 aliphatic rings. The summed E-state index contributed by atoms with van der Waals surface area (Å²) in [4.78, 5) is 17.1. The summed E-state index contributed by atoms with van der Waals surface area (Å²) in [6, 6.07) is 11.4. The van der Waals surface area contributed by atoms with E-state index >= 15 is 0 Å². The number of hydrogen-bond acceptors (Lipinski definition) is 3. The summed E-state index contributed by atoms with van der Waals surface area (Å²) >= 11 is 1.69. The van der Waals surface area contributed by atoms with Crippen LogP contribution in [0.2, 0.25) is 0 Å². The Morgan fingerprint density at radius 1 is 1.32 bits per heavy atom. The van der Waals surface area contributed by atoms with Gasteiger partial charge in [0.15, 0.2) is 0 Å². The summed E-state index contributed by atoms with van der Waals surface area (Å²) in [6.45, 7) is 2.63. The van der Waals surface area contributed by atoms with Gasteiger partial charge < -0.3 is 10.1 Å². The van der Waals surface area contributed by atoms with Crippen molar-refractivity contribution in [2.45, 2.75) is 25.9 Å². The Balaban J connectivity index is 1.73. The molecule has 3 N–H and O–H groups in total. The second-order valence-electron chi connectivity index (χ2n) is 5.35. The van der Waals surface area contributed by atoms with E-state index in [0.717, 1.165) is 21.3 Å². The number of aryl methyl sites for hydroxylation is 1. The van der Waals surface area contributed by atoms with E-state index in [1.54, 1.807) is 11.3 Å². The molecule has 1 atom stereocenters. The Labute approximate surface area is 132 Å². The average Bonchev–Trinajstić information content (AvgIpc) is 3.10. The van der Waals surface area contributed by atoms with Gasteiger partial charge in [0.05, 0.1) is 0 Å². The van der Waals surface area contributed by atoms with Crippen LogP contribution in [0.25, 0.3) is 10.9 Å². The lowest BCUT2D eigenvalue weighted by Gasteiger charge is -2.13. The first-order valence-corrected chi connectivity index (χ1v) is 8.01. The van der Waals surface area contributed by atoms with Crippen LogP contribution in [-0.4, -0.2) is 22.1 Å². The molecule has 22 heavy (non-hydrogen) atoms. The second-order valence-corrected chi connectivity index (χ2v) is 6.72. The monoisotopic (exact) mass is 314 g/mol. The van der Waals surface area contributed by atoms with E-state index in [4.69, 9.17) is 0 Å². The Bertz CT molecular complexity index is 791. The van der Waals surface area contributed by atoms with E-state index in [1.807, 2.05) is 36.5 Å². The van der Waals surface area contributed by atoms with E-state index in [1.165, 1.54) is 4.88 Å². The molecule has 0 unspecified atom stereocenters. The van der Waals surface area contributed by atoms with Crippen molar-refractivity contribution in [1.29, 1.82) is 0 Å². The van der Waals surface area contributed by atoms with Crippen LogP contribution in [0, 0.1) is 6.92 Å². The van der Waals surface area contributed by atoms with Crippen LogP contribution in [-0.2, 0) is 17.8 Å². The fraction of sp³-hybridized carbons (Fsp3) is 0.235. The lowest BCUT2D eigenvalue weighted by atomic mass is 10.1. The quantitative estimate of drug-likeness (QED) is 0.654. The molecule has 0 fully saturated rings. The molecule has 2 aromatic heterocycles. The first kappa shape index (κ1) is 14.8. The molecular formula is C17H18N2O2S. The summed E-state index contributed by atoms with van der Waals surface area (Å²) in [6.07, 6.45) is 2.36. The first-order chi connectivity index (χ1) is 10.6. The molecule has 0 radical (unpaired) electrons. The number of thiophene rings is 1. The number of hydrogen-bond donors (Lipinski definition) is 3. The van der Waals surface area contributed by atoms with Crippen molar-refractivity contribution in [3.63, 3.8) is 0 Å². The highest BCUT2D eigenvalue weighted by molar-refractivity contribution is 7.11. The van der Waals surface area contributed by atoms with Gasteiger partial charge in [-0.2, -0.15) is 0 Å². The topological polar surface area (TPSA) is 65.1 Å². The molecule has 0 spiro atoms. The largest absolute Gasteiger partial charge is 0.480 e. The molecule has 0 saturated carbocycles. The molecule has 0 aliphatic heterocycles. The highest BCUT2D eigenvalue weighted by atomic mass is 32.1. The molecule has 2 heterocycles. The summed E-state index contributed by atoms with van der Waals surface area (Å²) in [7, 11) is 0. The second kappa shape index (κ2) is 6.34. The number of aliphatic carboxylic acids is 1. The lowest BCUT2D eigenvalue weighted by molar-refractivity contribution is -0.139. The van der Waals surface area contributed by atoms with Gasteiger partial charge in [0.2, 0.25) is 0 Å².